The van der Waals surface area contributed by atoms with Gasteiger partial charge in [-0.15, -0.1) is 0 Å². The minimum absolute atomic E-state index is 0.0435. The van der Waals surface area contributed by atoms with Crippen molar-refractivity contribution < 1.29 is 36.7 Å². The predicted molar refractivity (Wildman–Crippen MR) is 148 cm³/mol. The fourth-order valence-corrected chi connectivity index (χ4v) is 5.07. The Morgan fingerprint density at radius 1 is 1.00 bits per heavy atom. The van der Waals surface area contributed by atoms with Crippen LogP contribution in [-0.2, 0) is 30.9 Å². The van der Waals surface area contributed by atoms with E-state index in [9.17, 15) is 18.3 Å². The van der Waals surface area contributed by atoms with Crippen molar-refractivity contribution in [2.75, 3.05) is 6.61 Å². The first-order chi connectivity index (χ1) is 18.9. The average molecular weight is 570 g/mol. The summed E-state index contributed by atoms with van der Waals surface area (Å²) in [6.45, 7) is 7.20. The van der Waals surface area contributed by atoms with E-state index in [2.05, 4.69) is 5.32 Å². The van der Waals surface area contributed by atoms with Gasteiger partial charge in [-0.25, -0.2) is 4.79 Å². The van der Waals surface area contributed by atoms with Crippen molar-refractivity contribution in [3.8, 4) is 5.75 Å². The van der Waals surface area contributed by atoms with E-state index in [4.69, 9.17) is 18.4 Å². The third-order valence-electron chi connectivity index (χ3n) is 6.17. The molecule has 0 bridgehead atoms. The van der Waals surface area contributed by atoms with E-state index in [1.54, 1.807) is 45.0 Å². The Hall–Kier alpha value is -3.44. The maximum atomic E-state index is 12.9. The number of alkyl carbamates (subject to hydrolysis) is 1. The fraction of sp³-hybridized carbons (Fsp3) is 0.367. The highest BCUT2D eigenvalue weighted by molar-refractivity contribution is 7.87. The lowest BCUT2D eigenvalue weighted by atomic mass is 9.97. The minimum atomic E-state index is -4.03. The highest BCUT2D eigenvalue weighted by Gasteiger charge is 2.49. The molecule has 1 fully saturated rings. The van der Waals surface area contributed by atoms with Crippen molar-refractivity contribution >= 4 is 16.2 Å². The van der Waals surface area contributed by atoms with Crippen LogP contribution in [0.4, 0.5) is 4.79 Å². The number of hydrogen-bond acceptors (Lipinski definition) is 8. The predicted octanol–water partition coefficient (Wildman–Crippen LogP) is 4.67. The Kier molecular flexibility index (Phi) is 9.15. The first kappa shape index (κ1) is 29.5. The molecule has 0 aliphatic carbocycles. The van der Waals surface area contributed by atoms with Crippen molar-refractivity contribution in [2.24, 2.45) is 0 Å². The summed E-state index contributed by atoms with van der Waals surface area (Å²) < 4.78 is 48.3. The number of aliphatic hydroxyl groups excluding tert-OH is 1. The molecule has 1 aliphatic heterocycles. The zero-order chi connectivity index (χ0) is 28.9. The molecule has 1 aliphatic rings. The lowest BCUT2D eigenvalue weighted by Gasteiger charge is -2.29. The fourth-order valence-electron chi connectivity index (χ4n) is 4.14. The van der Waals surface area contributed by atoms with Gasteiger partial charge in [0.1, 0.15) is 34.6 Å². The van der Waals surface area contributed by atoms with Gasteiger partial charge in [0.2, 0.25) is 0 Å². The molecular formula is C30H35NO8S. The number of epoxide rings is 1. The van der Waals surface area contributed by atoms with Crippen LogP contribution in [-0.4, -0.2) is 50.1 Å². The molecule has 40 heavy (non-hydrogen) atoms. The summed E-state index contributed by atoms with van der Waals surface area (Å²) >= 11 is 0. The number of amides is 1. The van der Waals surface area contributed by atoms with Gasteiger partial charge < -0.3 is 28.8 Å². The van der Waals surface area contributed by atoms with E-state index in [0.717, 1.165) is 11.1 Å². The lowest BCUT2D eigenvalue weighted by molar-refractivity contribution is -0.00929. The van der Waals surface area contributed by atoms with Crippen LogP contribution in [0.2, 0.25) is 0 Å². The highest BCUT2D eigenvalue weighted by atomic mass is 32.2. The maximum Gasteiger partial charge on any atom is 0.408 e. The molecule has 3 aromatic carbocycles. The summed E-state index contributed by atoms with van der Waals surface area (Å²) in [5.74, 6) is 0.109. The van der Waals surface area contributed by atoms with Gasteiger partial charge in [0.05, 0.1) is 19.3 Å². The van der Waals surface area contributed by atoms with Gasteiger partial charge in [-0.05, 0) is 63.1 Å². The summed E-state index contributed by atoms with van der Waals surface area (Å²) in [6, 6.07) is 21.5. The van der Waals surface area contributed by atoms with Gasteiger partial charge in [0.15, 0.2) is 0 Å². The highest BCUT2D eigenvalue weighted by Crippen LogP contribution is 2.36. The van der Waals surface area contributed by atoms with E-state index in [1.165, 1.54) is 24.3 Å². The number of benzene rings is 3. The zero-order valence-corrected chi connectivity index (χ0v) is 23.8. The molecule has 0 aromatic heterocycles. The first-order valence-corrected chi connectivity index (χ1v) is 14.4. The molecule has 0 unspecified atom stereocenters. The van der Waals surface area contributed by atoms with Gasteiger partial charge in [-0.2, -0.15) is 8.42 Å². The van der Waals surface area contributed by atoms with Gasteiger partial charge in [-0.3, -0.25) is 0 Å². The van der Waals surface area contributed by atoms with E-state index in [1.807, 2.05) is 37.3 Å². The third-order valence-corrected chi connectivity index (χ3v) is 7.43. The van der Waals surface area contributed by atoms with Gasteiger partial charge in [-0.1, -0.05) is 60.2 Å². The topological polar surface area (TPSA) is 124 Å². The van der Waals surface area contributed by atoms with Crippen LogP contribution >= 0.6 is 0 Å². The molecule has 2 N–H and O–H groups in total. The quantitative estimate of drug-likeness (QED) is 0.252. The Bertz CT molecular complexity index is 1370. The van der Waals surface area contributed by atoms with Crippen molar-refractivity contribution in [1.82, 2.24) is 5.32 Å². The van der Waals surface area contributed by atoms with Crippen molar-refractivity contribution in [2.45, 2.75) is 69.2 Å². The van der Waals surface area contributed by atoms with Crippen LogP contribution in [0.25, 0.3) is 0 Å². The van der Waals surface area contributed by atoms with Crippen LogP contribution in [0, 0.1) is 6.92 Å². The number of nitrogens with one attached hydrogen (secondary N) is 1. The molecule has 4 atom stereocenters. The van der Waals surface area contributed by atoms with Gasteiger partial charge in [0.25, 0.3) is 0 Å². The average Bonchev–Trinajstić information content (AvgIpc) is 3.68. The molecule has 1 heterocycles. The molecule has 10 heteroatoms. The molecule has 1 saturated heterocycles. The summed E-state index contributed by atoms with van der Waals surface area (Å²) in [4.78, 5) is 12.9. The molecule has 1 amide bonds. The van der Waals surface area contributed by atoms with Crippen LogP contribution in [0.1, 0.15) is 43.5 Å². The van der Waals surface area contributed by atoms with Crippen LogP contribution in [0.15, 0.2) is 83.8 Å². The Morgan fingerprint density at radius 3 is 2.23 bits per heavy atom. The standard InChI is InChI=1S/C30H35NO8S/c1-20-10-16-24(17-11-20)40(34,35)39-23-14-12-22(13-15-23)26(31-29(33)38-30(2,3)4)28(27-25(18-32)37-27)36-19-21-8-6-5-7-9-21/h5-17,25-28,32H,18-19H2,1-4H3,(H,31,33)/t25-,26+,27+,28+/m0/s1. The number of carbonyl (C=O) groups excluding carboxylic acids is 1. The summed E-state index contributed by atoms with van der Waals surface area (Å²) in [6.07, 6.45) is -2.26. The van der Waals surface area contributed by atoms with Crippen LogP contribution in [0.5, 0.6) is 5.75 Å². The molecule has 9 nitrogen and oxygen atoms in total. The van der Waals surface area contributed by atoms with Crippen molar-refractivity contribution in [3.05, 3.63) is 95.6 Å². The smallest absolute Gasteiger partial charge is 0.408 e. The van der Waals surface area contributed by atoms with E-state index >= 15 is 0 Å². The Balaban J connectivity index is 1.59. The van der Waals surface area contributed by atoms with E-state index in [-0.39, 0.29) is 23.9 Å². The maximum absolute atomic E-state index is 12.9. The molecule has 0 spiro atoms. The number of rotatable bonds is 11. The molecule has 214 valence electrons. The zero-order valence-electron chi connectivity index (χ0n) is 22.9. The SMILES string of the molecule is Cc1ccc(S(=O)(=O)Oc2ccc([C@@H](NC(=O)OC(C)(C)C)[C@@H](OCc3ccccc3)[C@@H]3O[C@H]3CO)cc2)cc1. The summed E-state index contributed by atoms with van der Waals surface area (Å²) in [5, 5.41) is 12.6. The first-order valence-electron chi connectivity index (χ1n) is 13.0. The molecule has 0 saturated carbocycles. The second-order valence-corrected chi connectivity index (χ2v) is 12.2. The Labute approximate surface area is 235 Å². The second-order valence-electron chi connectivity index (χ2n) is 10.6. The minimum Gasteiger partial charge on any atom is -0.444 e. The molecule has 3 aromatic rings. The largest absolute Gasteiger partial charge is 0.444 e. The molecular weight excluding hydrogens is 534 g/mol. The summed E-state index contributed by atoms with van der Waals surface area (Å²) in [7, 11) is -4.03. The normalized spacial score (nSPS) is 18.4. The van der Waals surface area contributed by atoms with Crippen molar-refractivity contribution in [1.29, 1.82) is 0 Å². The van der Waals surface area contributed by atoms with Gasteiger partial charge in [0, 0.05) is 0 Å². The monoisotopic (exact) mass is 569 g/mol. The second kappa shape index (κ2) is 12.4. The van der Waals surface area contributed by atoms with Crippen molar-refractivity contribution in [3.63, 3.8) is 0 Å². The van der Waals surface area contributed by atoms with Gasteiger partial charge >= 0.3 is 16.2 Å². The number of carbonyl (C=O) groups is 1. The number of aryl methyl sites for hydroxylation is 1. The van der Waals surface area contributed by atoms with Crippen LogP contribution < -0.4 is 9.50 Å². The van der Waals surface area contributed by atoms with Crippen LogP contribution in [0.3, 0.4) is 0 Å². The lowest BCUT2D eigenvalue weighted by Crippen LogP contribution is -2.43. The third kappa shape index (κ3) is 8.04. The number of hydrogen-bond donors (Lipinski definition) is 2. The number of aliphatic hydroxyl groups is 1. The van der Waals surface area contributed by atoms with E-state index in [0.29, 0.717) is 5.56 Å². The summed E-state index contributed by atoms with van der Waals surface area (Å²) in [5.41, 5.74) is 1.73. The van der Waals surface area contributed by atoms with E-state index < -0.39 is 46.2 Å². The molecule has 4 rings (SSSR count). The Morgan fingerprint density at radius 2 is 1.65 bits per heavy atom. The molecule has 0 radical (unpaired) electrons. The number of ether oxygens (including phenoxy) is 3.